The monoisotopic (exact) mass is 657 g/mol. The van der Waals surface area contributed by atoms with Gasteiger partial charge in [-0.25, -0.2) is 4.57 Å². The first-order chi connectivity index (χ1) is 21.8. The molecule has 10 heteroatoms. The number of esters is 2. The average Bonchev–Trinajstić information content (AvgIpc) is 3.02. The molecule has 0 aromatic rings. The molecule has 0 heterocycles. The number of phosphoric acid groups is 1. The summed E-state index contributed by atoms with van der Waals surface area (Å²) in [5.74, 6) is -0.900. The zero-order valence-electron chi connectivity index (χ0n) is 28.3. The summed E-state index contributed by atoms with van der Waals surface area (Å²) in [6, 6.07) is 0. The van der Waals surface area contributed by atoms with Crippen LogP contribution in [0.1, 0.15) is 142 Å². The molecule has 0 aliphatic rings. The first-order valence-electron chi connectivity index (χ1n) is 17.5. The molecule has 1 unspecified atom stereocenters. The van der Waals surface area contributed by atoms with Crippen LogP contribution in [0.2, 0.25) is 0 Å². The Bertz CT molecular complexity index is 846. The number of unbranched alkanes of at least 4 members (excludes halogenated alkanes) is 13. The maximum absolute atomic E-state index is 12.4. The number of phosphoric ester groups is 1. The molecule has 0 spiro atoms. The van der Waals surface area contributed by atoms with Crippen molar-refractivity contribution in [2.75, 3.05) is 26.4 Å². The summed E-state index contributed by atoms with van der Waals surface area (Å²) in [5.41, 5.74) is 5.30. The minimum atomic E-state index is -4.37. The molecule has 262 valence electrons. The molecule has 0 saturated carbocycles. The van der Waals surface area contributed by atoms with Gasteiger partial charge in [0.1, 0.15) is 6.61 Å². The third-order valence-electron chi connectivity index (χ3n) is 7.03. The average molecular weight is 658 g/mol. The van der Waals surface area contributed by atoms with Crippen LogP contribution in [0.3, 0.4) is 0 Å². The lowest BCUT2D eigenvalue weighted by Gasteiger charge is -2.19. The number of allylic oxidation sites excluding steroid dienone is 6. The minimum absolute atomic E-state index is 0.0469. The Balaban J connectivity index is 4.28. The zero-order valence-corrected chi connectivity index (χ0v) is 29.2. The predicted molar refractivity (Wildman–Crippen MR) is 183 cm³/mol. The SMILES string of the molecule is CCCCCCCC/C=C/C/C=C/C/C=C/CCCC(=O)OC[C@@H](COP(=O)(O)OCCN)OC(=O)CCCCCCCCC. The van der Waals surface area contributed by atoms with Crippen LogP contribution in [-0.4, -0.2) is 49.3 Å². The van der Waals surface area contributed by atoms with Crippen molar-refractivity contribution in [2.45, 2.75) is 148 Å². The van der Waals surface area contributed by atoms with Crippen LogP contribution >= 0.6 is 7.82 Å². The fraction of sp³-hybridized carbons (Fsp3) is 0.771. The van der Waals surface area contributed by atoms with E-state index >= 15 is 0 Å². The summed E-state index contributed by atoms with van der Waals surface area (Å²) in [4.78, 5) is 34.4. The number of nitrogens with two attached hydrogens (primary N) is 1. The molecular formula is C35H64NO8P. The van der Waals surface area contributed by atoms with Crippen molar-refractivity contribution in [1.82, 2.24) is 0 Å². The van der Waals surface area contributed by atoms with Gasteiger partial charge < -0.3 is 20.1 Å². The second kappa shape index (κ2) is 32.2. The van der Waals surface area contributed by atoms with Gasteiger partial charge in [-0.15, -0.1) is 0 Å². The summed E-state index contributed by atoms with van der Waals surface area (Å²) in [6.07, 6.45) is 32.1. The molecule has 0 aromatic carbocycles. The first-order valence-corrected chi connectivity index (χ1v) is 19.0. The second-order valence-corrected chi connectivity index (χ2v) is 12.8. The molecule has 3 N–H and O–H groups in total. The van der Waals surface area contributed by atoms with Crippen LogP contribution in [0.15, 0.2) is 36.5 Å². The van der Waals surface area contributed by atoms with Gasteiger partial charge in [-0.3, -0.25) is 18.6 Å². The third-order valence-corrected chi connectivity index (χ3v) is 8.01. The molecule has 0 rings (SSSR count). The summed E-state index contributed by atoms with van der Waals surface area (Å²) < 4.78 is 32.4. The lowest BCUT2D eigenvalue weighted by molar-refractivity contribution is -0.161. The van der Waals surface area contributed by atoms with Crippen LogP contribution in [0.25, 0.3) is 0 Å². The third kappa shape index (κ3) is 32.0. The van der Waals surface area contributed by atoms with E-state index in [1.54, 1.807) is 0 Å². The number of hydrogen-bond donors (Lipinski definition) is 2. The van der Waals surface area contributed by atoms with E-state index in [1.807, 2.05) is 6.08 Å². The molecule has 2 atom stereocenters. The Hall–Kier alpha value is -1.77. The minimum Gasteiger partial charge on any atom is -0.462 e. The van der Waals surface area contributed by atoms with E-state index in [0.29, 0.717) is 12.8 Å². The molecule has 0 bridgehead atoms. The van der Waals surface area contributed by atoms with Crippen molar-refractivity contribution in [3.63, 3.8) is 0 Å². The fourth-order valence-electron chi connectivity index (χ4n) is 4.41. The Morgan fingerprint density at radius 1 is 0.667 bits per heavy atom. The molecule has 0 aliphatic heterocycles. The van der Waals surface area contributed by atoms with Gasteiger partial charge in [0.15, 0.2) is 6.10 Å². The Morgan fingerprint density at radius 3 is 1.78 bits per heavy atom. The smallest absolute Gasteiger partial charge is 0.462 e. The van der Waals surface area contributed by atoms with Crippen molar-refractivity contribution in [2.24, 2.45) is 5.73 Å². The quantitative estimate of drug-likeness (QED) is 0.0314. The van der Waals surface area contributed by atoms with Crippen molar-refractivity contribution >= 4 is 19.8 Å². The molecule has 0 aliphatic carbocycles. The summed E-state index contributed by atoms with van der Waals surface area (Å²) >= 11 is 0. The normalized spacial score (nSPS) is 14.0. The highest BCUT2D eigenvalue weighted by Gasteiger charge is 2.25. The second-order valence-electron chi connectivity index (χ2n) is 11.4. The number of hydrogen-bond acceptors (Lipinski definition) is 8. The summed E-state index contributed by atoms with van der Waals surface area (Å²) in [7, 11) is -4.37. The number of carbonyl (C=O) groups is 2. The van der Waals surface area contributed by atoms with Gasteiger partial charge in [-0.05, 0) is 44.9 Å². The van der Waals surface area contributed by atoms with Gasteiger partial charge in [-0.2, -0.15) is 0 Å². The van der Waals surface area contributed by atoms with Crippen LogP contribution in [-0.2, 0) is 32.7 Å². The topological polar surface area (TPSA) is 134 Å². The highest BCUT2D eigenvalue weighted by atomic mass is 31.2. The van der Waals surface area contributed by atoms with Crippen molar-refractivity contribution in [3.05, 3.63) is 36.5 Å². The highest BCUT2D eigenvalue weighted by molar-refractivity contribution is 7.47. The summed E-state index contributed by atoms with van der Waals surface area (Å²) in [5, 5.41) is 0. The molecular weight excluding hydrogens is 593 g/mol. The van der Waals surface area contributed by atoms with Gasteiger partial charge >= 0.3 is 19.8 Å². The van der Waals surface area contributed by atoms with E-state index < -0.39 is 32.5 Å². The van der Waals surface area contributed by atoms with Gasteiger partial charge in [-0.1, -0.05) is 121 Å². The van der Waals surface area contributed by atoms with Crippen LogP contribution < -0.4 is 5.73 Å². The Morgan fingerprint density at radius 2 is 1.18 bits per heavy atom. The van der Waals surface area contributed by atoms with Crippen molar-refractivity contribution in [1.29, 1.82) is 0 Å². The standard InChI is InChI=1S/C35H64NO8P/c1-3-5-7-9-11-12-13-14-15-16-17-18-19-20-22-23-25-27-34(37)41-31-33(32-43-45(39,40)42-30-29-36)44-35(38)28-26-24-21-10-8-6-4-2/h14-15,17-18,20,22,33H,3-13,16,19,21,23-32,36H2,1-2H3,(H,39,40)/b15-14+,18-17+,22-20+/t33-/m0/s1. The lowest BCUT2D eigenvalue weighted by Crippen LogP contribution is -2.29. The highest BCUT2D eigenvalue weighted by Crippen LogP contribution is 2.43. The molecule has 0 amide bonds. The van der Waals surface area contributed by atoms with Gasteiger partial charge in [0.25, 0.3) is 0 Å². The molecule has 0 saturated heterocycles. The van der Waals surface area contributed by atoms with Gasteiger partial charge in [0, 0.05) is 19.4 Å². The number of ether oxygens (including phenoxy) is 2. The maximum atomic E-state index is 12.4. The lowest BCUT2D eigenvalue weighted by atomic mass is 10.1. The van der Waals surface area contributed by atoms with Crippen molar-refractivity contribution in [3.8, 4) is 0 Å². The Labute approximate surface area is 274 Å². The van der Waals surface area contributed by atoms with Crippen molar-refractivity contribution < 1.29 is 37.6 Å². The fourth-order valence-corrected chi connectivity index (χ4v) is 5.18. The Kier molecular flexibility index (Phi) is 30.9. The van der Waals surface area contributed by atoms with E-state index in [0.717, 1.165) is 44.9 Å². The number of carbonyl (C=O) groups excluding carboxylic acids is 2. The van der Waals surface area contributed by atoms with Crippen LogP contribution in [0.5, 0.6) is 0 Å². The number of rotatable bonds is 32. The molecule has 9 nitrogen and oxygen atoms in total. The van der Waals surface area contributed by atoms with Gasteiger partial charge in [0.2, 0.25) is 0 Å². The molecule has 0 fully saturated rings. The maximum Gasteiger partial charge on any atom is 0.472 e. The van der Waals surface area contributed by atoms with E-state index in [1.165, 1.54) is 57.8 Å². The van der Waals surface area contributed by atoms with E-state index in [2.05, 4.69) is 44.2 Å². The molecule has 0 aromatic heterocycles. The first kappa shape index (κ1) is 43.2. The van der Waals surface area contributed by atoms with Gasteiger partial charge in [0.05, 0.1) is 13.2 Å². The molecule has 45 heavy (non-hydrogen) atoms. The summed E-state index contributed by atoms with van der Waals surface area (Å²) in [6.45, 7) is 3.58. The predicted octanol–water partition coefficient (Wildman–Crippen LogP) is 9.04. The van der Waals surface area contributed by atoms with E-state index in [9.17, 15) is 19.0 Å². The molecule has 0 radical (unpaired) electrons. The largest absolute Gasteiger partial charge is 0.472 e. The zero-order chi connectivity index (χ0) is 33.3. The van der Waals surface area contributed by atoms with E-state index in [4.69, 9.17) is 24.3 Å². The van der Waals surface area contributed by atoms with Crippen LogP contribution in [0.4, 0.5) is 0 Å². The van der Waals surface area contributed by atoms with E-state index in [-0.39, 0.29) is 32.6 Å². The van der Waals surface area contributed by atoms with Crippen LogP contribution in [0, 0.1) is 0 Å².